The van der Waals surface area contributed by atoms with E-state index >= 15 is 0 Å². The van der Waals surface area contributed by atoms with E-state index in [0.29, 0.717) is 11.3 Å². The van der Waals surface area contributed by atoms with Crippen LogP contribution in [0, 0.1) is 0 Å². The summed E-state index contributed by atoms with van der Waals surface area (Å²) in [5, 5.41) is 11.9. The van der Waals surface area contributed by atoms with Gasteiger partial charge in [-0.15, -0.1) is 10.2 Å². The van der Waals surface area contributed by atoms with E-state index in [1.807, 2.05) is 83.4 Å². The highest BCUT2D eigenvalue weighted by molar-refractivity contribution is 7.98. The second kappa shape index (κ2) is 9.28. The molecule has 4 rings (SSSR count). The lowest BCUT2D eigenvalue weighted by atomic mass is 10.1. The molecule has 150 valence electrons. The Labute approximate surface area is 178 Å². The first-order valence-electron chi connectivity index (χ1n) is 9.36. The molecule has 0 atom stereocenters. The first-order valence-corrected chi connectivity index (χ1v) is 10.3. The Kier molecular flexibility index (Phi) is 6.10. The standard InChI is InChI=1S/C23H20N4O2S/c1-29-21-10-6-5-9-20(21)27-16-24-26-23(27)30-15-17-11-13-18(14-12-17)22(28)25-19-7-3-2-4-8-19/h2-14,16H,15H2,1H3,(H,25,28). The molecule has 0 bridgehead atoms. The van der Waals surface area contributed by atoms with Crippen LogP contribution in [0.3, 0.4) is 0 Å². The molecule has 0 fully saturated rings. The zero-order chi connectivity index (χ0) is 20.8. The minimum atomic E-state index is -0.128. The number of anilines is 1. The van der Waals surface area contributed by atoms with E-state index in [-0.39, 0.29) is 5.91 Å². The number of carbonyl (C=O) groups excluding carboxylic acids is 1. The van der Waals surface area contributed by atoms with Crippen molar-refractivity contribution in [3.63, 3.8) is 0 Å². The average molecular weight is 417 g/mol. The Balaban J connectivity index is 1.42. The van der Waals surface area contributed by atoms with Gasteiger partial charge in [-0.1, -0.05) is 54.2 Å². The third-order valence-electron chi connectivity index (χ3n) is 4.48. The average Bonchev–Trinajstić information content (AvgIpc) is 3.27. The predicted octanol–water partition coefficient (Wildman–Crippen LogP) is 4.82. The van der Waals surface area contributed by atoms with Crippen LogP contribution in [-0.2, 0) is 5.75 Å². The number of carbonyl (C=O) groups is 1. The number of amides is 1. The second-order valence-electron chi connectivity index (χ2n) is 6.46. The molecule has 7 heteroatoms. The second-order valence-corrected chi connectivity index (χ2v) is 7.40. The van der Waals surface area contributed by atoms with Gasteiger partial charge in [0.1, 0.15) is 12.1 Å². The summed E-state index contributed by atoms with van der Waals surface area (Å²) in [5.41, 5.74) is 3.37. The summed E-state index contributed by atoms with van der Waals surface area (Å²) in [6.45, 7) is 0. The molecule has 1 heterocycles. The van der Waals surface area contributed by atoms with E-state index < -0.39 is 0 Å². The largest absolute Gasteiger partial charge is 0.495 e. The van der Waals surface area contributed by atoms with Crippen LogP contribution >= 0.6 is 11.8 Å². The number of rotatable bonds is 7. The maximum atomic E-state index is 12.4. The number of ether oxygens (including phenoxy) is 1. The van der Waals surface area contributed by atoms with Crippen LogP contribution in [0.1, 0.15) is 15.9 Å². The van der Waals surface area contributed by atoms with Gasteiger partial charge in [0.2, 0.25) is 0 Å². The molecule has 4 aromatic rings. The minimum Gasteiger partial charge on any atom is -0.495 e. The molecule has 0 unspecified atom stereocenters. The highest BCUT2D eigenvalue weighted by Gasteiger charge is 2.12. The van der Waals surface area contributed by atoms with Crippen LogP contribution in [0.5, 0.6) is 5.75 Å². The maximum Gasteiger partial charge on any atom is 0.255 e. The van der Waals surface area contributed by atoms with E-state index in [9.17, 15) is 4.79 Å². The van der Waals surface area contributed by atoms with Gasteiger partial charge in [0.15, 0.2) is 5.16 Å². The molecule has 0 radical (unpaired) electrons. The first-order chi connectivity index (χ1) is 14.7. The minimum absolute atomic E-state index is 0.128. The lowest BCUT2D eigenvalue weighted by molar-refractivity contribution is 0.102. The summed E-state index contributed by atoms with van der Waals surface area (Å²) in [6, 6.07) is 24.7. The van der Waals surface area contributed by atoms with Gasteiger partial charge in [-0.3, -0.25) is 9.36 Å². The van der Waals surface area contributed by atoms with Crippen molar-refractivity contribution in [3.05, 3.63) is 96.3 Å². The molecule has 30 heavy (non-hydrogen) atoms. The molecule has 6 nitrogen and oxygen atoms in total. The van der Waals surface area contributed by atoms with Crippen molar-refractivity contribution in [2.75, 3.05) is 12.4 Å². The summed E-state index contributed by atoms with van der Waals surface area (Å²) >= 11 is 1.57. The van der Waals surface area contributed by atoms with Gasteiger partial charge in [0.05, 0.1) is 12.8 Å². The molecule has 0 saturated heterocycles. The maximum absolute atomic E-state index is 12.4. The van der Waals surface area contributed by atoms with Crippen molar-refractivity contribution >= 4 is 23.4 Å². The number of benzene rings is 3. The molecule has 0 saturated carbocycles. The van der Waals surface area contributed by atoms with Gasteiger partial charge in [-0.25, -0.2) is 0 Å². The number of nitrogens with one attached hydrogen (secondary N) is 1. The SMILES string of the molecule is COc1ccccc1-n1cnnc1SCc1ccc(C(=O)Nc2ccccc2)cc1. The van der Waals surface area contributed by atoms with Gasteiger partial charge in [0, 0.05) is 17.0 Å². The Bertz CT molecular complexity index is 1130. The highest BCUT2D eigenvalue weighted by Crippen LogP contribution is 2.28. The van der Waals surface area contributed by atoms with Gasteiger partial charge in [-0.05, 0) is 42.0 Å². The lowest BCUT2D eigenvalue weighted by Gasteiger charge is -2.10. The van der Waals surface area contributed by atoms with Gasteiger partial charge >= 0.3 is 0 Å². The van der Waals surface area contributed by atoms with Gasteiger partial charge < -0.3 is 10.1 Å². The molecule has 0 aliphatic carbocycles. The van der Waals surface area contributed by atoms with Crippen LogP contribution in [-0.4, -0.2) is 27.8 Å². The van der Waals surface area contributed by atoms with Gasteiger partial charge in [0.25, 0.3) is 5.91 Å². The molecule has 1 amide bonds. The quantitative estimate of drug-likeness (QED) is 0.438. The number of methoxy groups -OCH3 is 1. The molecule has 1 N–H and O–H groups in total. The molecular formula is C23H20N4O2S. The third-order valence-corrected chi connectivity index (χ3v) is 5.49. The van der Waals surface area contributed by atoms with Crippen LogP contribution in [0.15, 0.2) is 90.3 Å². The summed E-state index contributed by atoms with van der Waals surface area (Å²) in [6.07, 6.45) is 1.68. The monoisotopic (exact) mass is 416 g/mol. The topological polar surface area (TPSA) is 69.0 Å². The third kappa shape index (κ3) is 4.52. The summed E-state index contributed by atoms with van der Waals surface area (Å²) in [5.74, 6) is 1.33. The molecule has 1 aromatic heterocycles. The zero-order valence-corrected chi connectivity index (χ0v) is 17.2. The van der Waals surface area contributed by atoms with Crippen LogP contribution in [0.4, 0.5) is 5.69 Å². The first kappa shape index (κ1) is 19.7. The smallest absolute Gasteiger partial charge is 0.255 e. The molecule has 0 aliphatic heterocycles. The van der Waals surface area contributed by atoms with E-state index in [1.54, 1.807) is 25.2 Å². The number of thioether (sulfide) groups is 1. The number of aromatic nitrogens is 3. The normalized spacial score (nSPS) is 10.6. The molecule has 0 aliphatic rings. The Hall–Kier alpha value is -3.58. The summed E-state index contributed by atoms with van der Waals surface area (Å²) in [7, 11) is 1.64. The van der Waals surface area contributed by atoms with Crippen LogP contribution in [0.2, 0.25) is 0 Å². The number of hydrogen-bond donors (Lipinski definition) is 1. The van der Waals surface area contributed by atoms with Crippen LogP contribution < -0.4 is 10.1 Å². The van der Waals surface area contributed by atoms with E-state index in [0.717, 1.165) is 27.8 Å². The van der Waals surface area contributed by atoms with Crippen molar-refractivity contribution in [1.82, 2.24) is 14.8 Å². The predicted molar refractivity (Wildman–Crippen MR) is 118 cm³/mol. The van der Waals surface area contributed by atoms with E-state index in [2.05, 4.69) is 15.5 Å². The molecule has 3 aromatic carbocycles. The van der Waals surface area contributed by atoms with Crippen molar-refractivity contribution in [1.29, 1.82) is 0 Å². The number of para-hydroxylation sites is 3. The molecular weight excluding hydrogens is 396 g/mol. The number of hydrogen-bond acceptors (Lipinski definition) is 5. The summed E-state index contributed by atoms with van der Waals surface area (Å²) in [4.78, 5) is 12.4. The van der Waals surface area contributed by atoms with Crippen LogP contribution in [0.25, 0.3) is 5.69 Å². The fourth-order valence-corrected chi connectivity index (χ4v) is 3.82. The van der Waals surface area contributed by atoms with Crippen molar-refractivity contribution in [3.8, 4) is 11.4 Å². The fraction of sp³-hybridized carbons (Fsp3) is 0.0870. The molecule has 0 spiro atoms. The zero-order valence-electron chi connectivity index (χ0n) is 16.4. The van der Waals surface area contributed by atoms with E-state index in [4.69, 9.17) is 4.74 Å². The summed E-state index contributed by atoms with van der Waals surface area (Å²) < 4.78 is 7.35. The Morgan fingerprint density at radius 2 is 1.73 bits per heavy atom. The Morgan fingerprint density at radius 3 is 2.50 bits per heavy atom. The lowest BCUT2D eigenvalue weighted by Crippen LogP contribution is -2.11. The van der Waals surface area contributed by atoms with Crippen molar-refractivity contribution in [2.24, 2.45) is 0 Å². The highest BCUT2D eigenvalue weighted by atomic mass is 32.2. The fourth-order valence-electron chi connectivity index (χ4n) is 2.94. The number of nitrogens with zero attached hydrogens (tertiary/aromatic N) is 3. The van der Waals surface area contributed by atoms with Crippen molar-refractivity contribution in [2.45, 2.75) is 10.9 Å². The van der Waals surface area contributed by atoms with Crippen molar-refractivity contribution < 1.29 is 9.53 Å². The van der Waals surface area contributed by atoms with Gasteiger partial charge in [-0.2, -0.15) is 0 Å². The Morgan fingerprint density at radius 1 is 1.00 bits per heavy atom. The van der Waals surface area contributed by atoms with E-state index in [1.165, 1.54) is 0 Å².